The van der Waals surface area contributed by atoms with Crippen LogP contribution in [0.15, 0.2) is 18.2 Å². The van der Waals surface area contributed by atoms with Crippen LogP contribution in [0.2, 0.25) is 0 Å². The second-order valence-electron chi connectivity index (χ2n) is 3.99. The van der Waals surface area contributed by atoms with Gasteiger partial charge in [0.25, 0.3) is 0 Å². The van der Waals surface area contributed by atoms with Crippen molar-refractivity contribution in [2.75, 3.05) is 19.0 Å². The summed E-state index contributed by atoms with van der Waals surface area (Å²) in [4.78, 5) is 1.63. The minimum Gasteiger partial charge on any atom is -0.378 e. The Hall–Kier alpha value is -1.23. The van der Waals surface area contributed by atoms with Gasteiger partial charge in [0.1, 0.15) is 0 Å². The number of alkyl halides is 3. The zero-order valence-electron chi connectivity index (χ0n) is 9.47. The standard InChI is InChI=1S/C11H15F3N2/c1-7(15)8-4-9(11(12,13)14)6-10(5-8)16(2)3/h4-7H,15H2,1-3H3/t7-/m1/s1. The molecule has 0 heterocycles. The second-order valence-corrected chi connectivity index (χ2v) is 3.99. The molecule has 90 valence electrons. The summed E-state index contributed by atoms with van der Waals surface area (Å²) in [5.41, 5.74) is 5.93. The average Bonchev–Trinajstić information content (AvgIpc) is 2.15. The van der Waals surface area contributed by atoms with E-state index in [0.717, 1.165) is 12.1 Å². The highest BCUT2D eigenvalue weighted by atomic mass is 19.4. The quantitative estimate of drug-likeness (QED) is 0.849. The molecule has 1 aromatic rings. The van der Waals surface area contributed by atoms with E-state index in [1.807, 2.05) is 0 Å². The smallest absolute Gasteiger partial charge is 0.378 e. The third kappa shape index (κ3) is 2.88. The van der Waals surface area contributed by atoms with Crippen molar-refractivity contribution in [2.24, 2.45) is 5.73 Å². The van der Waals surface area contributed by atoms with Crippen molar-refractivity contribution in [2.45, 2.75) is 19.1 Å². The van der Waals surface area contributed by atoms with E-state index < -0.39 is 17.8 Å². The molecule has 16 heavy (non-hydrogen) atoms. The molecule has 0 aromatic heterocycles. The summed E-state index contributed by atoms with van der Waals surface area (Å²) in [6.07, 6.45) is -4.34. The molecule has 0 fully saturated rings. The third-order valence-electron chi connectivity index (χ3n) is 2.31. The summed E-state index contributed by atoms with van der Waals surface area (Å²) in [5, 5.41) is 0. The van der Waals surface area contributed by atoms with Crippen molar-refractivity contribution in [3.63, 3.8) is 0 Å². The zero-order valence-corrected chi connectivity index (χ0v) is 9.47. The Morgan fingerprint density at radius 1 is 1.19 bits per heavy atom. The molecule has 0 saturated carbocycles. The van der Waals surface area contributed by atoms with Gasteiger partial charge in [-0.15, -0.1) is 0 Å². The maximum atomic E-state index is 12.6. The molecule has 0 radical (unpaired) electrons. The highest BCUT2D eigenvalue weighted by Gasteiger charge is 2.31. The van der Waals surface area contributed by atoms with Gasteiger partial charge in [-0.25, -0.2) is 0 Å². The average molecular weight is 232 g/mol. The molecule has 0 amide bonds. The van der Waals surface area contributed by atoms with Crippen molar-refractivity contribution in [3.05, 3.63) is 29.3 Å². The number of halogens is 3. The normalized spacial score (nSPS) is 13.7. The van der Waals surface area contributed by atoms with Crippen molar-refractivity contribution >= 4 is 5.69 Å². The van der Waals surface area contributed by atoms with E-state index in [1.165, 1.54) is 0 Å². The van der Waals surface area contributed by atoms with E-state index in [-0.39, 0.29) is 0 Å². The van der Waals surface area contributed by atoms with Crippen LogP contribution in [-0.4, -0.2) is 14.1 Å². The fourth-order valence-corrected chi connectivity index (χ4v) is 1.32. The third-order valence-corrected chi connectivity index (χ3v) is 2.31. The molecule has 1 rings (SSSR count). The van der Waals surface area contributed by atoms with E-state index >= 15 is 0 Å². The Bertz CT molecular complexity index is 344. The predicted octanol–water partition coefficient (Wildman–Crippen LogP) is 2.79. The second kappa shape index (κ2) is 4.33. The van der Waals surface area contributed by atoms with Crippen LogP contribution in [0.5, 0.6) is 0 Å². The minimum atomic E-state index is -4.34. The van der Waals surface area contributed by atoms with E-state index in [9.17, 15) is 13.2 Å². The van der Waals surface area contributed by atoms with Crippen LogP contribution in [0.25, 0.3) is 0 Å². The lowest BCUT2D eigenvalue weighted by molar-refractivity contribution is -0.137. The van der Waals surface area contributed by atoms with Gasteiger partial charge in [0.05, 0.1) is 5.56 Å². The van der Waals surface area contributed by atoms with Gasteiger partial charge in [-0.3, -0.25) is 0 Å². The van der Waals surface area contributed by atoms with Crippen LogP contribution < -0.4 is 10.6 Å². The first kappa shape index (κ1) is 12.8. The van der Waals surface area contributed by atoms with Crippen molar-refractivity contribution in [1.82, 2.24) is 0 Å². The van der Waals surface area contributed by atoms with Crippen molar-refractivity contribution < 1.29 is 13.2 Å². The summed E-state index contributed by atoms with van der Waals surface area (Å²) in [7, 11) is 3.39. The summed E-state index contributed by atoms with van der Waals surface area (Å²) in [5.74, 6) is 0. The molecular weight excluding hydrogens is 217 g/mol. The number of anilines is 1. The van der Waals surface area contributed by atoms with Crippen molar-refractivity contribution in [1.29, 1.82) is 0 Å². The Balaban J connectivity index is 3.30. The SMILES string of the molecule is C[C@@H](N)c1cc(N(C)C)cc(C(F)(F)F)c1. The van der Waals surface area contributed by atoms with Crippen LogP contribution in [0.3, 0.4) is 0 Å². The first-order valence-corrected chi connectivity index (χ1v) is 4.87. The van der Waals surface area contributed by atoms with E-state index in [4.69, 9.17) is 5.73 Å². The van der Waals surface area contributed by atoms with E-state index in [2.05, 4.69) is 0 Å². The molecule has 2 nitrogen and oxygen atoms in total. The van der Waals surface area contributed by atoms with Gasteiger partial charge in [-0.2, -0.15) is 13.2 Å². The molecule has 0 aliphatic rings. The van der Waals surface area contributed by atoms with Gasteiger partial charge in [-0.05, 0) is 30.7 Å². The van der Waals surface area contributed by atoms with E-state index in [1.54, 1.807) is 32.0 Å². The monoisotopic (exact) mass is 232 g/mol. The molecule has 0 unspecified atom stereocenters. The zero-order chi connectivity index (χ0) is 12.5. The Kier molecular flexibility index (Phi) is 3.48. The summed E-state index contributed by atoms with van der Waals surface area (Å²) in [6, 6.07) is 3.46. The minimum absolute atomic E-state index is 0.416. The number of nitrogens with zero attached hydrogens (tertiary/aromatic N) is 1. The number of rotatable bonds is 2. The Morgan fingerprint density at radius 3 is 2.12 bits per heavy atom. The number of benzene rings is 1. The van der Waals surface area contributed by atoms with Crippen LogP contribution in [-0.2, 0) is 6.18 Å². The first-order valence-electron chi connectivity index (χ1n) is 4.87. The molecule has 0 aliphatic carbocycles. The fraction of sp³-hybridized carbons (Fsp3) is 0.455. The molecule has 0 saturated heterocycles. The van der Waals surface area contributed by atoms with Crippen molar-refractivity contribution in [3.8, 4) is 0 Å². The Morgan fingerprint density at radius 2 is 1.75 bits per heavy atom. The molecule has 0 spiro atoms. The maximum Gasteiger partial charge on any atom is 0.416 e. The van der Waals surface area contributed by atoms with Crippen LogP contribution in [0.1, 0.15) is 24.1 Å². The molecule has 2 N–H and O–H groups in total. The molecular formula is C11H15F3N2. The topological polar surface area (TPSA) is 29.3 Å². The predicted molar refractivity (Wildman–Crippen MR) is 58.4 cm³/mol. The molecule has 1 aromatic carbocycles. The van der Waals surface area contributed by atoms with Crippen LogP contribution in [0, 0.1) is 0 Å². The lowest BCUT2D eigenvalue weighted by Gasteiger charge is -2.18. The summed E-state index contributed by atoms with van der Waals surface area (Å²) in [6.45, 7) is 1.66. The maximum absolute atomic E-state index is 12.6. The summed E-state index contributed by atoms with van der Waals surface area (Å²) < 4.78 is 37.8. The number of hydrogen-bond donors (Lipinski definition) is 1. The van der Waals surface area contributed by atoms with Gasteiger partial charge in [0, 0.05) is 25.8 Å². The van der Waals surface area contributed by atoms with Crippen LogP contribution in [0.4, 0.5) is 18.9 Å². The number of hydrogen-bond acceptors (Lipinski definition) is 2. The Labute approximate surface area is 92.9 Å². The lowest BCUT2D eigenvalue weighted by Crippen LogP contribution is -2.14. The van der Waals surface area contributed by atoms with Crippen LogP contribution >= 0.6 is 0 Å². The summed E-state index contributed by atoms with van der Waals surface area (Å²) >= 11 is 0. The highest BCUT2D eigenvalue weighted by Crippen LogP contribution is 2.33. The first-order chi connectivity index (χ1) is 7.21. The highest BCUT2D eigenvalue weighted by molar-refractivity contribution is 5.51. The molecule has 0 bridgehead atoms. The fourth-order valence-electron chi connectivity index (χ4n) is 1.32. The molecule has 0 aliphatic heterocycles. The molecule has 1 atom stereocenters. The van der Waals surface area contributed by atoms with Gasteiger partial charge < -0.3 is 10.6 Å². The van der Waals surface area contributed by atoms with Gasteiger partial charge in [0.15, 0.2) is 0 Å². The van der Waals surface area contributed by atoms with Gasteiger partial charge in [-0.1, -0.05) is 0 Å². The number of nitrogens with two attached hydrogens (primary N) is 1. The lowest BCUT2D eigenvalue weighted by atomic mass is 10.0. The van der Waals surface area contributed by atoms with Gasteiger partial charge in [0.2, 0.25) is 0 Å². The largest absolute Gasteiger partial charge is 0.416 e. The molecule has 5 heteroatoms. The van der Waals surface area contributed by atoms with E-state index in [0.29, 0.717) is 11.3 Å². The van der Waals surface area contributed by atoms with Gasteiger partial charge >= 0.3 is 6.18 Å².